The molecular formula is C16H11F3O. The molecule has 0 amide bonds. The number of benzene rings is 2. The van der Waals surface area contributed by atoms with Crippen LogP contribution in [0.5, 0.6) is 5.75 Å². The van der Waals surface area contributed by atoms with Crippen LogP contribution in [0.2, 0.25) is 0 Å². The molecule has 0 fully saturated rings. The first kappa shape index (κ1) is 12.8. The lowest BCUT2D eigenvalue weighted by atomic mass is 9.93. The number of hydrogen-bond acceptors (Lipinski definition) is 1. The third kappa shape index (κ3) is 2.29. The van der Waals surface area contributed by atoms with Gasteiger partial charge in [0.2, 0.25) is 6.10 Å². The van der Waals surface area contributed by atoms with Gasteiger partial charge >= 0.3 is 6.18 Å². The van der Waals surface area contributed by atoms with E-state index in [4.69, 9.17) is 4.74 Å². The van der Waals surface area contributed by atoms with E-state index in [0.29, 0.717) is 11.1 Å². The first-order chi connectivity index (χ1) is 9.55. The summed E-state index contributed by atoms with van der Waals surface area (Å²) in [6, 6.07) is 15.8. The summed E-state index contributed by atoms with van der Waals surface area (Å²) in [6.45, 7) is 0. The summed E-state index contributed by atoms with van der Waals surface area (Å²) in [5.74, 6) is 0.260. The van der Waals surface area contributed by atoms with Crippen LogP contribution in [0.25, 0.3) is 5.57 Å². The maximum atomic E-state index is 13.0. The van der Waals surface area contributed by atoms with Crippen LogP contribution in [0, 0.1) is 0 Å². The molecule has 1 nitrogen and oxygen atoms in total. The number of halogens is 3. The topological polar surface area (TPSA) is 9.23 Å². The van der Waals surface area contributed by atoms with E-state index in [1.54, 1.807) is 48.5 Å². The molecule has 1 unspecified atom stereocenters. The minimum atomic E-state index is -4.42. The second-order valence-corrected chi connectivity index (χ2v) is 4.52. The fourth-order valence-corrected chi connectivity index (χ4v) is 2.23. The fourth-order valence-electron chi connectivity index (χ4n) is 2.23. The van der Waals surface area contributed by atoms with Gasteiger partial charge in [0.05, 0.1) is 0 Å². The predicted octanol–water partition coefficient (Wildman–Crippen LogP) is 4.44. The lowest BCUT2D eigenvalue weighted by Crippen LogP contribution is -2.34. The van der Waals surface area contributed by atoms with E-state index in [9.17, 15) is 13.2 Å². The Bertz CT molecular complexity index is 644. The predicted molar refractivity (Wildman–Crippen MR) is 70.4 cm³/mol. The third-order valence-corrected chi connectivity index (χ3v) is 3.16. The third-order valence-electron chi connectivity index (χ3n) is 3.16. The van der Waals surface area contributed by atoms with Gasteiger partial charge in [0.15, 0.2) is 0 Å². The number of para-hydroxylation sites is 1. The van der Waals surface area contributed by atoms with Crippen molar-refractivity contribution in [1.82, 2.24) is 0 Å². The zero-order valence-corrected chi connectivity index (χ0v) is 10.4. The summed E-state index contributed by atoms with van der Waals surface area (Å²) in [4.78, 5) is 0. The van der Waals surface area contributed by atoms with Gasteiger partial charge in [-0.3, -0.25) is 0 Å². The van der Waals surface area contributed by atoms with Crippen LogP contribution in [0.1, 0.15) is 11.1 Å². The van der Waals surface area contributed by atoms with Gasteiger partial charge in [-0.1, -0.05) is 48.5 Å². The van der Waals surface area contributed by atoms with Crippen LogP contribution in [-0.4, -0.2) is 12.3 Å². The Morgan fingerprint density at radius 2 is 1.50 bits per heavy atom. The summed E-state index contributed by atoms with van der Waals surface area (Å²) >= 11 is 0. The van der Waals surface area contributed by atoms with Crippen molar-refractivity contribution in [3.63, 3.8) is 0 Å². The molecule has 0 saturated heterocycles. The summed E-state index contributed by atoms with van der Waals surface area (Å²) in [5, 5.41) is 0. The van der Waals surface area contributed by atoms with Crippen LogP contribution >= 0.6 is 0 Å². The van der Waals surface area contributed by atoms with Crippen molar-refractivity contribution in [3.05, 3.63) is 71.8 Å². The van der Waals surface area contributed by atoms with Crippen molar-refractivity contribution in [2.24, 2.45) is 0 Å². The zero-order chi connectivity index (χ0) is 14.2. The molecule has 0 spiro atoms. The van der Waals surface area contributed by atoms with Crippen LogP contribution in [0.4, 0.5) is 13.2 Å². The smallest absolute Gasteiger partial charge is 0.429 e. The summed E-state index contributed by atoms with van der Waals surface area (Å²) in [6.07, 6.45) is -5.20. The molecule has 1 atom stereocenters. The Hall–Kier alpha value is -2.23. The highest BCUT2D eigenvalue weighted by molar-refractivity contribution is 5.84. The normalized spacial score (nSPS) is 17.9. The Kier molecular flexibility index (Phi) is 3.01. The molecule has 0 N–H and O–H groups in total. The molecule has 2 aromatic carbocycles. The van der Waals surface area contributed by atoms with Crippen molar-refractivity contribution in [3.8, 4) is 5.75 Å². The van der Waals surface area contributed by atoms with Gasteiger partial charge in [-0.15, -0.1) is 0 Å². The van der Waals surface area contributed by atoms with E-state index < -0.39 is 12.3 Å². The lowest BCUT2D eigenvalue weighted by molar-refractivity contribution is -0.180. The molecule has 3 rings (SSSR count). The number of fused-ring (bicyclic) bond motifs is 1. The van der Waals surface area contributed by atoms with E-state index in [1.807, 2.05) is 6.07 Å². The van der Waals surface area contributed by atoms with Gasteiger partial charge in [-0.05, 0) is 23.3 Å². The average molecular weight is 276 g/mol. The Morgan fingerprint density at radius 1 is 0.850 bits per heavy atom. The van der Waals surface area contributed by atoms with Crippen LogP contribution in [0.3, 0.4) is 0 Å². The monoisotopic (exact) mass is 276 g/mol. The number of rotatable bonds is 1. The highest BCUT2D eigenvalue weighted by atomic mass is 19.4. The standard InChI is InChI=1S/C16H11F3O/c17-16(18,19)15-10-13(11-6-2-1-3-7-11)12-8-4-5-9-14(12)20-15/h1-10,15H. The molecule has 0 aliphatic carbocycles. The van der Waals surface area contributed by atoms with E-state index in [-0.39, 0.29) is 5.75 Å². The van der Waals surface area contributed by atoms with E-state index in [0.717, 1.165) is 11.6 Å². The number of ether oxygens (including phenoxy) is 1. The van der Waals surface area contributed by atoms with Crippen LogP contribution < -0.4 is 4.74 Å². The van der Waals surface area contributed by atoms with E-state index >= 15 is 0 Å². The molecule has 1 aliphatic heterocycles. The molecule has 0 saturated carbocycles. The zero-order valence-electron chi connectivity index (χ0n) is 10.4. The second kappa shape index (κ2) is 4.71. The number of alkyl halides is 3. The SMILES string of the molecule is FC(F)(F)C1C=C(c2ccccc2)c2ccccc2O1. The molecule has 1 aliphatic rings. The molecule has 20 heavy (non-hydrogen) atoms. The first-order valence-corrected chi connectivity index (χ1v) is 6.16. The van der Waals surface area contributed by atoms with Crippen LogP contribution in [0.15, 0.2) is 60.7 Å². The highest BCUT2D eigenvalue weighted by Crippen LogP contribution is 2.39. The van der Waals surface area contributed by atoms with Crippen molar-refractivity contribution in [2.75, 3.05) is 0 Å². The van der Waals surface area contributed by atoms with Gasteiger partial charge in [-0.25, -0.2) is 0 Å². The Balaban J connectivity index is 2.15. The first-order valence-electron chi connectivity index (χ1n) is 6.16. The maximum Gasteiger partial charge on any atom is 0.429 e. The fraction of sp³-hybridized carbons (Fsp3) is 0.125. The summed E-state index contributed by atoms with van der Waals surface area (Å²) in [7, 11) is 0. The second-order valence-electron chi connectivity index (χ2n) is 4.52. The van der Waals surface area contributed by atoms with E-state index in [1.165, 1.54) is 0 Å². The minimum Gasteiger partial charge on any atom is -0.476 e. The Labute approximate surface area is 114 Å². The summed E-state index contributed by atoms with van der Waals surface area (Å²) < 4.78 is 43.9. The maximum absolute atomic E-state index is 13.0. The van der Waals surface area contributed by atoms with Crippen molar-refractivity contribution >= 4 is 5.57 Å². The van der Waals surface area contributed by atoms with Gasteiger partial charge in [0, 0.05) is 5.56 Å². The van der Waals surface area contributed by atoms with Gasteiger partial charge in [0.1, 0.15) is 5.75 Å². The Morgan fingerprint density at radius 3 is 2.20 bits per heavy atom. The van der Waals surface area contributed by atoms with E-state index in [2.05, 4.69) is 0 Å². The van der Waals surface area contributed by atoms with Crippen LogP contribution in [-0.2, 0) is 0 Å². The highest BCUT2D eigenvalue weighted by Gasteiger charge is 2.42. The van der Waals surface area contributed by atoms with Gasteiger partial charge in [0.25, 0.3) is 0 Å². The molecule has 0 bridgehead atoms. The molecule has 2 aromatic rings. The lowest BCUT2D eigenvalue weighted by Gasteiger charge is -2.27. The van der Waals surface area contributed by atoms with Crippen molar-refractivity contribution < 1.29 is 17.9 Å². The van der Waals surface area contributed by atoms with Gasteiger partial charge < -0.3 is 4.74 Å². The molecule has 4 heteroatoms. The molecule has 102 valence electrons. The number of hydrogen-bond donors (Lipinski definition) is 0. The molecular weight excluding hydrogens is 265 g/mol. The molecule has 1 heterocycles. The molecule has 0 aromatic heterocycles. The molecule has 0 radical (unpaired) electrons. The van der Waals surface area contributed by atoms with Crippen molar-refractivity contribution in [1.29, 1.82) is 0 Å². The van der Waals surface area contributed by atoms with Gasteiger partial charge in [-0.2, -0.15) is 13.2 Å². The van der Waals surface area contributed by atoms with Crippen molar-refractivity contribution in [2.45, 2.75) is 12.3 Å². The average Bonchev–Trinajstić information content (AvgIpc) is 2.46. The largest absolute Gasteiger partial charge is 0.476 e. The quantitative estimate of drug-likeness (QED) is 0.748. The minimum absolute atomic E-state index is 0.260. The summed E-state index contributed by atoms with van der Waals surface area (Å²) in [5.41, 5.74) is 1.98.